The molecule has 0 saturated carbocycles. The maximum atomic E-state index is 11.8. The van der Waals surface area contributed by atoms with Crippen LogP contribution in [0.4, 0.5) is 0 Å². The van der Waals surface area contributed by atoms with E-state index in [0.29, 0.717) is 18.0 Å². The van der Waals surface area contributed by atoms with E-state index in [9.17, 15) is 4.79 Å². The van der Waals surface area contributed by atoms with Gasteiger partial charge in [0.25, 0.3) is 5.91 Å². The Bertz CT molecular complexity index is 413. The lowest BCUT2D eigenvalue weighted by Gasteiger charge is -2.16. The summed E-state index contributed by atoms with van der Waals surface area (Å²) in [5.41, 5.74) is 6.48. The first-order valence-electron chi connectivity index (χ1n) is 6.90. The molecule has 1 amide bonds. The Morgan fingerprint density at radius 1 is 1.45 bits per heavy atom. The lowest BCUT2D eigenvalue weighted by molar-refractivity contribution is -0.123. The predicted molar refractivity (Wildman–Crippen MR) is 78.9 cm³/mol. The standard InChI is InChI=1S/C15H24N2O3/c1-4-6-11(2)17-14(18)10-20-15-12(9-16)7-5-8-13(15)19-3/h5,7-8,11H,4,6,9-10,16H2,1-3H3,(H,17,18). The van der Waals surface area contributed by atoms with Gasteiger partial charge in [-0.1, -0.05) is 25.5 Å². The summed E-state index contributed by atoms with van der Waals surface area (Å²) in [6.07, 6.45) is 1.99. The monoisotopic (exact) mass is 280 g/mol. The summed E-state index contributed by atoms with van der Waals surface area (Å²) in [6, 6.07) is 5.64. The van der Waals surface area contributed by atoms with Crippen LogP contribution in [0.1, 0.15) is 32.3 Å². The Balaban J connectivity index is 2.63. The molecule has 0 aromatic heterocycles. The molecule has 0 heterocycles. The number of hydrogen-bond acceptors (Lipinski definition) is 4. The van der Waals surface area contributed by atoms with Crippen LogP contribution >= 0.6 is 0 Å². The van der Waals surface area contributed by atoms with Crippen LogP contribution in [0.15, 0.2) is 18.2 Å². The maximum Gasteiger partial charge on any atom is 0.258 e. The number of hydrogen-bond donors (Lipinski definition) is 2. The molecule has 1 aromatic rings. The van der Waals surface area contributed by atoms with Crippen LogP contribution in [0, 0.1) is 0 Å². The second-order valence-electron chi connectivity index (χ2n) is 4.70. The molecule has 0 radical (unpaired) electrons. The second-order valence-corrected chi connectivity index (χ2v) is 4.70. The number of amides is 1. The Kier molecular flexibility index (Phi) is 6.87. The number of nitrogens with two attached hydrogens (primary N) is 1. The van der Waals surface area contributed by atoms with Crippen molar-refractivity contribution in [3.8, 4) is 11.5 Å². The number of methoxy groups -OCH3 is 1. The van der Waals surface area contributed by atoms with Gasteiger partial charge in [-0.25, -0.2) is 0 Å². The molecule has 1 rings (SSSR count). The van der Waals surface area contributed by atoms with Gasteiger partial charge < -0.3 is 20.5 Å². The van der Waals surface area contributed by atoms with Crippen molar-refractivity contribution in [2.45, 2.75) is 39.3 Å². The van der Waals surface area contributed by atoms with Crippen molar-refractivity contribution in [3.05, 3.63) is 23.8 Å². The summed E-state index contributed by atoms with van der Waals surface area (Å²) >= 11 is 0. The Labute approximate surface area is 120 Å². The molecule has 0 aliphatic heterocycles. The summed E-state index contributed by atoms with van der Waals surface area (Å²) in [5.74, 6) is 0.984. The first-order chi connectivity index (χ1) is 9.62. The highest BCUT2D eigenvalue weighted by molar-refractivity contribution is 5.78. The van der Waals surface area contributed by atoms with Gasteiger partial charge in [-0.3, -0.25) is 4.79 Å². The van der Waals surface area contributed by atoms with Crippen molar-refractivity contribution in [1.82, 2.24) is 5.32 Å². The molecule has 0 bridgehead atoms. The summed E-state index contributed by atoms with van der Waals surface area (Å²) in [5, 5.41) is 2.89. The summed E-state index contributed by atoms with van der Waals surface area (Å²) < 4.78 is 10.8. The predicted octanol–water partition coefficient (Wildman–Crippen LogP) is 1.84. The number of nitrogens with one attached hydrogen (secondary N) is 1. The van der Waals surface area contributed by atoms with Gasteiger partial charge in [0.2, 0.25) is 0 Å². The number of rotatable bonds is 8. The van der Waals surface area contributed by atoms with Crippen LogP contribution in [0.3, 0.4) is 0 Å². The lowest BCUT2D eigenvalue weighted by Crippen LogP contribution is -2.36. The molecular weight excluding hydrogens is 256 g/mol. The minimum Gasteiger partial charge on any atom is -0.493 e. The first kappa shape index (κ1) is 16.3. The molecule has 5 heteroatoms. The zero-order chi connectivity index (χ0) is 15.0. The number of benzene rings is 1. The molecule has 0 spiro atoms. The molecule has 1 unspecified atom stereocenters. The van der Waals surface area contributed by atoms with Crippen molar-refractivity contribution in [2.75, 3.05) is 13.7 Å². The highest BCUT2D eigenvalue weighted by atomic mass is 16.5. The zero-order valence-corrected chi connectivity index (χ0v) is 12.4. The lowest BCUT2D eigenvalue weighted by atomic mass is 10.2. The zero-order valence-electron chi connectivity index (χ0n) is 12.4. The van der Waals surface area contributed by atoms with Crippen LogP contribution < -0.4 is 20.5 Å². The largest absolute Gasteiger partial charge is 0.493 e. The van der Waals surface area contributed by atoms with Crippen molar-refractivity contribution < 1.29 is 14.3 Å². The number of carbonyl (C=O) groups excluding carboxylic acids is 1. The maximum absolute atomic E-state index is 11.8. The SMILES string of the molecule is CCCC(C)NC(=O)COc1c(CN)cccc1OC. The highest BCUT2D eigenvalue weighted by Crippen LogP contribution is 2.30. The van der Waals surface area contributed by atoms with Crippen LogP contribution in [-0.4, -0.2) is 25.7 Å². The minimum absolute atomic E-state index is 0.0403. The molecular formula is C15H24N2O3. The molecule has 3 N–H and O–H groups in total. The average molecular weight is 280 g/mol. The molecule has 1 atom stereocenters. The molecule has 1 aromatic carbocycles. The normalized spacial score (nSPS) is 11.8. The Morgan fingerprint density at radius 3 is 2.80 bits per heavy atom. The van der Waals surface area contributed by atoms with Gasteiger partial charge in [-0.15, -0.1) is 0 Å². The van der Waals surface area contributed by atoms with Crippen LogP contribution in [0.25, 0.3) is 0 Å². The fourth-order valence-electron chi connectivity index (χ4n) is 2.01. The fraction of sp³-hybridized carbons (Fsp3) is 0.533. The van der Waals surface area contributed by atoms with Crippen LogP contribution in [0.2, 0.25) is 0 Å². The van der Waals surface area contributed by atoms with E-state index in [1.165, 1.54) is 0 Å². The van der Waals surface area contributed by atoms with Gasteiger partial charge in [-0.05, 0) is 19.4 Å². The quantitative estimate of drug-likeness (QED) is 0.762. The van der Waals surface area contributed by atoms with Crippen LogP contribution in [-0.2, 0) is 11.3 Å². The van der Waals surface area contributed by atoms with E-state index in [-0.39, 0.29) is 18.6 Å². The molecule has 0 aliphatic carbocycles. The van der Waals surface area contributed by atoms with E-state index in [4.69, 9.17) is 15.2 Å². The van der Waals surface area contributed by atoms with E-state index in [2.05, 4.69) is 12.2 Å². The number of ether oxygens (including phenoxy) is 2. The van der Waals surface area contributed by atoms with Gasteiger partial charge in [0.05, 0.1) is 7.11 Å². The van der Waals surface area contributed by atoms with E-state index >= 15 is 0 Å². The van der Waals surface area contributed by atoms with E-state index in [0.717, 1.165) is 18.4 Å². The van der Waals surface area contributed by atoms with Crippen molar-refractivity contribution in [3.63, 3.8) is 0 Å². The third kappa shape index (κ3) is 4.74. The first-order valence-corrected chi connectivity index (χ1v) is 6.90. The van der Waals surface area contributed by atoms with Crippen molar-refractivity contribution >= 4 is 5.91 Å². The van der Waals surface area contributed by atoms with Crippen molar-refractivity contribution in [2.24, 2.45) is 5.73 Å². The second kappa shape index (κ2) is 8.43. The Hall–Kier alpha value is -1.75. The summed E-state index contributed by atoms with van der Waals surface area (Å²) in [7, 11) is 1.56. The van der Waals surface area contributed by atoms with E-state index in [1.54, 1.807) is 13.2 Å². The van der Waals surface area contributed by atoms with E-state index < -0.39 is 0 Å². The molecule has 5 nitrogen and oxygen atoms in total. The smallest absolute Gasteiger partial charge is 0.258 e. The topological polar surface area (TPSA) is 73.6 Å². The Morgan fingerprint density at radius 2 is 2.20 bits per heavy atom. The highest BCUT2D eigenvalue weighted by Gasteiger charge is 2.12. The van der Waals surface area contributed by atoms with Crippen LogP contribution in [0.5, 0.6) is 11.5 Å². The van der Waals surface area contributed by atoms with Gasteiger partial charge in [0.15, 0.2) is 18.1 Å². The third-order valence-corrected chi connectivity index (χ3v) is 2.98. The molecule has 20 heavy (non-hydrogen) atoms. The molecule has 0 aliphatic rings. The number of carbonyl (C=O) groups is 1. The van der Waals surface area contributed by atoms with Crippen molar-refractivity contribution in [1.29, 1.82) is 0 Å². The molecule has 112 valence electrons. The summed E-state index contributed by atoms with van der Waals surface area (Å²) in [6.45, 7) is 4.36. The minimum atomic E-state index is -0.139. The van der Waals surface area contributed by atoms with E-state index in [1.807, 2.05) is 19.1 Å². The van der Waals surface area contributed by atoms with Gasteiger partial charge >= 0.3 is 0 Å². The third-order valence-electron chi connectivity index (χ3n) is 2.98. The number of para-hydroxylation sites is 1. The molecule has 0 fully saturated rings. The fourth-order valence-corrected chi connectivity index (χ4v) is 2.01. The van der Waals surface area contributed by atoms with Gasteiger partial charge in [0.1, 0.15) is 0 Å². The van der Waals surface area contributed by atoms with Gasteiger partial charge in [-0.2, -0.15) is 0 Å². The molecule has 0 saturated heterocycles. The summed E-state index contributed by atoms with van der Waals surface area (Å²) in [4.78, 5) is 11.8. The van der Waals surface area contributed by atoms with Gasteiger partial charge in [0, 0.05) is 18.2 Å². The average Bonchev–Trinajstić information content (AvgIpc) is 2.44.